The summed E-state index contributed by atoms with van der Waals surface area (Å²) < 4.78 is 0. The van der Waals surface area contributed by atoms with Crippen LogP contribution in [0.1, 0.15) is 11.1 Å². The highest BCUT2D eigenvalue weighted by atomic mass is 14.6. The lowest BCUT2D eigenvalue weighted by molar-refractivity contribution is 1.50. The number of fused-ring (bicyclic) bond motifs is 2. The topological polar surface area (TPSA) is 73.6 Å². The van der Waals surface area contributed by atoms with Crippen LogP contribution in [-0.4, -0.2) is 0 Å². The lowest BCUT2D eigenvalue weighted by Crippen LogP contribution is -2.19. The molecule has 0 aliphatic heterocycles. The number of hydrogen-bond acceptors (Lipinski definition) is 3. The molecule has 3 heteroatoms. The third kappa shape index (κ3) is 1.20. The molecular formula is C14H7N3. The molecule has 3 nitrogen and oxygen atoms in total. The van der Waals surface area contributed by atoms with Crippen molar-refractivity contribution in [2.75, 3.05) is 5.73 Å². The molecule has 17 heavy (non-hydrogen) atoms. The molecule has 0 saturated carbocycles. The van der Waals surface area contributed by atoms with E-state index in [2.05, 4.69) is 12.1 Å². The fraction of sp³-hybridized carbons (Fsp3) is 0. The quantitative estimate of drug-likeness (QED) is 0.649. The van der Waals surface area contributed by atoms with Gasteiger partial charge in [-0.2, -0.15) is 10.5 Å². The molecule has 78 valence electrons. The number of nitriles is 2. The summed E-state index contributed by atoms with van der Waals surface area (Å²) in [5, 5.41) is 19.6. The Morgan fingerprint density at radius 1 is 0.941 bits per heavy atom. The first kappa shape index (κ1) is 9.45. The second-order valence-corrected chi connectivity index (χ2v) is 4.01. The van der Waals surface area contributed by atoms with Gasteiger partial charge in [-0.1, -0.05) is 0 Å². The fourth-order valence-electron chi connectivity index (χ4n) is 2.20. The maximum atomic E-state index is 8.87. The fourth-order valence-corrected chi connectivity index (χ4v) is 2.20. The van der Waals surface area contributed by atoms with E-state index < -0.39 is 0 Å². The smallest absolute Gasteiger partial charge is 0.0992 e. The minimum absolute atomic E-state index is 0.611. The number of hydrogen-bond donors (Lipinski definition) is 1. The molecule has 0 atom stereocenters. The standard InChI is InChI=1S/C14H7N3/c15-6-8-1-10-5-11-2-9(7-16)4-13(11)14(17)12(10)3-8/h1-5H,17H2. The number of anilines is 1. The molecule has 0 spiro atoms. The first-order valence-electron chi connectivity index (χ1n) is 5.12. The normalized spacial score (nSPS) is 14.5. The van der Waals surface area contributed by atoms with Crippen LogP contribution in [0.3, 0.4) is 0 Å². The van der Waals surface area contributed by atoms with Gasteiger partial charge in [0.05, 0.1) is 23.3 Å². The van der Waals surface area contributed by atoms with Crippen molar-refractivity contribution in [3.63, 3.8) is 0 Å². The van der Waals surface area contributed by atoms with E-state index in [1.807, 2.05) is 18.2 Å². The van der Waals surface area contributed by atoms with Crippen LogP contribution < -0.4 is 16.2 Å². The monoisotopic (exact) mass is 217 g/mol. The van der Waals surface area contributed by atoms with Crippen molar-refractivity contribution in [3.05, 3.63) is 38.8 Å². The van der Waals surface area contributed by atoms with Crippen LogP contribution >= 0.6 is 0 Å². The summed E-state index contributed by atoms with van der Waals surface area (Å²) in [6, 6.07) is 6.17. The Balaban J connectivity index is 2.36. The largest absolute Gasteiger partial charge is 0.398 e. The molecule has 2 N–H and O–H groups in total. The van der Waals surface area contributed by atoms with Crippen molar-refractivity contribution >= 4 is 30.0 Å². The lowest BCUT2D eigenvalue weighted by Gasteiger charge is -2.01. The average molecular weight is 217 g/mol. The zero-order valence-corrected chi connectivity index (χ0v) is 8.86. The predicted molar refractivity (Wildman–Crippen MR) is 66.2 cm³/mol. The molecule has 2 aliphatic rings. The molecule has 1 aromatic rings. The van der Waals surface area contributed by atoms with Crippen LogP contribution in [0.4, 0.5) is 5.69 Å². The zero-order chi connectivity index (χ0) is 12.0. The van der Waals surface area contributed by atoms with Gasteiger partial charge < -0.3 is 5.73 Å². The van der Waals surface area contributed by atoms with Gasteiger partial charge >= 0.3 is 0 Å². The molecule has 2 aliphatic carbocycles. The SMILES string of the molecule is N#CC1=Cc2c(N)c3c(cc2=C1)C=C(C#N)C=3. The molecule has 0 heterocycles. The van der Waals surface area contributed by atoms with Crippen LogP contribution in [0.15, 0.2) is 17.2 Å². The van der Waals surface area contributed by atoms with Crippen molar-refractivity contribution in [3.8, 4) is 12.1 Å². The van der Waals surface area contributed by atoms with Gasteiger partial charge in [0, 0.05) is 16.5 Å². The number of benzene rings is 1. The van der Waals surface area contributed by atoms with Crippen LogP contribution in [0.5, 0.6) is 0 Å². The number of allylic oxidation sites excluding steroid dienone is 2. The highest BCUT2D eigenvalue weighted by Gasteiger charge is 2.14. The molecule has 0 aromatic heterocycles. The van der Waals surface area contributed by atoms with Crippen LogP contribution in [0.2, 0.25) is 0 Å². The first-order chi connectivity index (χ1) is 8.22. The van der Waals surface area contributed by atoms with Gasteiger partial charge in [0.15, 0.2) is 0 Å². The van der Waals surface area contributed by atoms with Crippen molar-refractivity contribution in [2.24, 2.45) is 0 Å². The highest BCUT2D eigenvalue weighted by Crippen LogP contribution is 2.19. The zero-order valence-electron chi connectivity index (χ0n) is 8.86. The van der Waals surface area contributed by atoms with E-state index in [1.165, 1.54) is 0 Å². The third-order valence-corrected chi connectivity index (χ3v) is 2.99. The van der Waals surface area contributed by atoms with Crippen molar-refractivity contribution in [1.82, 2.24) is 0 Å². The van der Waals surface area contributed by atoms with E-state index >= 15 is 0 Å². The Kier molecular flexibility index (Phi) is 1.72. The minimum atomic E-state index is 0.611. The van der Waals surface area contributed by atoms with E-state index in [-0.39, 0.29) is 0 Å². The molecule has 0 amide bonds. The highest BCUT2D eigenvalue weighted by molar-refractivity contribution is 5.88. The maximum absolute atomic E-state index is 8.87. The molecule has 0 fully saturated rings. The van der Waals surface area contributed by atoms with Gasteiger partial charge in [-0.25, -0.2) is 0 Å². The van der Waals surface area contributed by atoms with E-state index in [9.17, 15) is 0 Å². The van der Waals surface area contributed by atoms with Gasteiger partial charge in [0.1, 0.15) is 0 Å². The summed E-state index contributed by atoms with van der Waals surface area (Å²) in [5.74, 6) is 0. The Labute approximate surface area is 97.7 Å². The minimum Gasteiger partial charge on any atom is -0.398 e. The third-order valence-electron chi connectivity index (χ3n) is 2.99. The first-order valence-corrected chi connectivity index (χ1v) is 5.12. The van der Waals surface area contributed by atoms with Crippen molar-refractivity contribution in [1.29, 1.82) is 10.5 Å². The number of rotatable bonds is 0. The Hall–Kier alpha value is -2.78. The van der Waals surface area contributed by atoms with Crippen LogP contribution in [-0.2, 0) is 0 Å². The molecule has 0 radical (unpaired) electrons. The number of nitrogens with zero attached hydrogens (tertiary/aromatic N) is 2. The molecular weight excluding hydrogens is 210 g/mol. The van der Waals surface area contributed by atoms with Crippen molar-refractivity contribution in [2.45, 2.75) is 0 Å². The molecule has 0 unspecified atom stereocenters. The van der Waals surface area contributed by atoms with E-state index in [0.717, 1.165) is 21.6 Å². The Morgan fingerprint density at radius 3 is 2.35 bits per heavy atom. The van der Waals surface area contributed by atoms with E-state index in [1.54, 1.807) is 12.2 Å². The Bertz CT molecular complexity index is 797. The van der Waals surface area contributed by atoms with Gasteiger partial charge in [0.25, 0.3) is 0 Å². The average Bonchev–Trinajstić information content (AvgIpc) is 2.92. The molecule has 0 bridgehead atoms. The van der Waals surface area contributed by atoms with Gasteiger partial charge in [0.2, 0.25) is 0 Å². The van der Waals surface area contributed by atoms with Crippen molar-refractivity contribution < 1.29 is 0 Å². The molecule has 1 aromatic carbocycles. The van der Waals surface area contributed by atoms with E-state index in [4.69, 9.17) is 16.3 Å². The summed E-state index contributed by atoms with van der Waals surface area (Å²) in [6.07, 6.45) is 7.18. The summed E-state index contributed by atoms with van der Waals surface area (Å²) >= 11 is 0. The molecule has 0 saturated heterocycles. The van der Waals surface area contributed by atoms with Crippen LogP contribution in [0.25, 0.3) is 24.3 Å². The van der Waals surface area contributed by atoms with E-state index in [0.29, 0.717) is 16.8 Å². The summed E-state index contributed by atoms with van der Waals surface area (Å²) in [4.78, 5) is 0. The molecule has 3 rings (SSSR count). The van der Waals surface area contributed by atoms with Gasteiger partial charge in [-0.15, -0.1) is 0 Å². The number of nitrogen functional groups attached to an aromatic ring is 1. The van der Waals surface area contributed by atoms with Gasteiger partial charge in [-0.3, -0.25) is 0 Å². The number of nitrogens with two attached hydrogens (primary N) is 1. The van der Waals surface area contributed by atoms with Gasteiger partial charge in [-0.05, 0) is 41.2 Å². The maximum Gasteiger partial charge on any atom is 0.0992 e. The second-order valence-electron chi connectivity index (χ2n) is 4.01. The predicted octanol–water partition coefficient (Wildman–Crippen LogP) is 0.671. The second kappa shape index (κ2) is 3.10. The van der Waals surface area contributed by atoms with Crippen LogP contribution in [0, 0.1) is 22.7 Å². The lowest BCUT2D eigenvalue weighted by atomic mass is 10.1. The summed E-state index contributed by atoms with van der Waals surface area (Å²) in [6.45, 7) is 0. The Morgan fingerprint density at radius 2 is 1.65 bits per heavy atom. The summed E-state index contributed by atoms with van der Waals surface area (Å²) in [5.41, 5.74) is 9.76. The summed E-state index contributed by atoms with van der Waals surface area (Å²) in [7, 11) is 0.